The van der Waals surface area contributed by atoms with Crippen LogP contribution in [-0.2, 0) is 0 Å². The molecule has 0 aliphatic carbocycles. The lowest BCUT2D eigenvalue weighted by Gasteiger charge is -2.14. The molecule has 4 N–H and O–H groups in total. The minimum Gasteiger partial charge on any atom is -0.506 e. The minimum atomic E-state index is -0.258. The number of aliphatic hydroxyl groups excluding tert-OH is 1. The van der Waals surface area contributed by atoms with Crippen molar-refractivity contribution in [2.24, 2.45) is 5.73 Å². The number of aromatic hydroxyl groups is 1. The van der Waals surface area contributed by atoms with E-state index in [1.54, 1.807) is 12.1 Å². The molecule has 0 unspecified atom stereocenters. The number of nitrogens with two attached hydrogens (primary N) is 1. The van der Waals surface area contributed by atoms with Gasteiger partial charge in [0, 0.05) is 22.7 Å². The molecule has 0 amide bonds. The van der Waals surface area contributed by atoms with Crippen LogP contribution >= 0.6 is 44.3 Å². The summed E-state index contributed by atoms with van der Waals surface area (Å²) in [4.78, 5) is 0. The second-order valence-electron chi connectivity index (χ2n) is 3.30. The van der Waals surface area contributed by atoms with Crippen LogP contribution in [0.15, 0.2) is 21.1 Å². The third kappa shape index (κ3) is 4.22. The summed E-state index contributed by atoms with van der Waals surface area (Å²) in [6.07, 6.45) is 1.28. The highest BCUT2D eigenvalue weighted by Gasteiger charge is 2.13. The molecule has 0 aromatic heterocycles. The van der Waals surface area contributed by atoms with Gasteiger partial charge in [0.1, 0.15) is 5.75 Å². The fraction of sp³-hybridized carbons (Fsp3) is 0.400. The van der Waals surface area contributed by atoms with Gasteiger partial charge in [0.05, 0.1) is 4.47 Å². The molecule has 0 spiro atoms. The van der Waals surface area contributed by atoms with Gasteiger partial charge in [-0.2, -0.15) is 0 Å². The van der Waals surface area contributed by atoms with Crippen molar-refractivity contribution in [1.29, 1.82) is 0 Å². The van der Waals surface area contributed by atoms with Gasteiger partial charge in [-0.3, -0.25) is 0 Å². The Hall–Kier alpha value is 0.190. The van der Waals surface area contributed by atoms with Crippen molar-refractivity contribution in [2.75, 3.05) is 6.61 Å². The van der Waals surface area contributed by atoms with E-state index in [4.69, 9.17) is 10.8 Å². The number of halogens is 3. The molecule has 1 rings (SSSR count). The standard InChI is InChI=1S/C10H13Br2NO2.ClH/c11-6-4-7(9(13)2-1-3-14)10(15)8(12)5-6;/h4-5,9,14-15H,1-3,13H2;1H/t9-;/m1./s1. The molecule has 0 saturated carbocycles. The molecule has 0 aliphatic heterocycles. The second-order valence-corrected chi connectivity index (χ2v) is 5.07. The van der Waals surface area contributed by atoms with Crippen LogP contribution in [0, 0.1) is 0 Å². The van der Waals surface area contributed by atoms with E-state index < -0.39 is 0 Å². The first-order valence-corrected chi connectivity index (χ1v) is 6.19. The van der Waals surface area contributed by atoms with Crippen LogP contribution in [0.25, 0.3) is 0 Å². The topological polar surface area (TPSA) is 66.5 Å². The molecular formula is C10H14Br2ClNO2. The Bertz CT molecular complexity index is 350. The Labute approximate surface area is 118 Å². The van der Waals surface area contributed by atoms with Crippen LogP contribution in [0.1, 0.15) is 24.4 Å². The van der Waals surface area contributed by atoms with Crippen molar-refractivity contribution >= 4 is 44.3 Å². The average Bonchev–Trinajstić information content (AvgIpc) is 2.19. The molecule has 0 fully saturated rings. The summed E-state index contributed by atoms with van der Waals surface area (Å²) in [7, 11) is 0. The fourth-order valence-electron chi connectivity index (χ4n) is 1.34. The van der Waals surface area contributed by atoms with E-state index in [0.717, 1.165) is 4.47 Å². The molecule has 0 bridgehead atoms. The number of hydrogen-bond acceptors (Lipinski definition) is 3. The molecule has 16 heavy (non-hydrogen) atoms. The van der Waals surface area contributed by atoms with Gasteiger partial charge in [-0.05, 0) is 40.9 Å². The average molecular weight is 375 g/mol. The Balaban J connectivity index is 0.00000225. The fourth-order valence-corrected chi connectivity index (χ4v) is 2.59. The number of phenolic OH excluding ortho intramolecular Hbond substituents is 1. The molecule has 3 nitrogen and oxygen atoms in total. The lowest BCUT2D eigenvalue weighted by atomic mass is 10.0. The first-order valence-electron chi connectivity index (χ1n) is 4.60. The zero-order valence-corrected chi connectivity index (χ0v) is 12.5. The van der Waals surface area contributed by atoms with E-state index in [9.17, 15) is 5.11 Å². The predicted octanol–water partition coefficient (Wildman–Crippen LogP) is 3.11. The maximum atomic E-state index is 9.78. The summed E-state index contributed by atoms with van der Waals surface area (Å²) in [6.45, 7) is 0.115. The van der Waals surface area contributed by atoms with Crippen molar-refractivity contribution in [2.45, 2.75) is 18.9 Å². The normalized spacial score (nSPS) is 12.0. The van der Waals surface area contributed by atoms with Gasteiger partial charge < -0.3 is 15.9 Å². The largest absolute Gasteiger partial charge is 0.506 e. The summed E-state index contributed by atoms with van der Waals surface area (Å²) in [5.41, 5.74) is 6.59. The first-order chi connectivity index (χ1) is 7.06. The molecule has 0 heterocycles. The van der Waals surface area contributed by atoms with E-state index in [2.05, 4.69) is 31.9 Å². The summed E-state index contributed by atoms with van der Waals surface area (Å²) >= 11 is 6.59. The molecule has 1 aromatic carbocycles. The van der Waals surface area contributed by atoms with Crippen LogP contribution in [0.5, 0.6) is 5.75 Å². The third-order valence-electron chi connectivity index (χ3n) is 2.13. The number of aliphatic hydroxyl groups is 1. The van der Waals surface area contributed by atoms with Gasteiger partial charge in [-0.1, -0.05) is 15.9 Å². The van der Waals surface area contributed by atoms with Crippen molar-refractivity contribution in [3.8, 4) is 5.75 Å². The van der Waals surface area contributed by atoms with Crippen LogP contribution in [0.2, 0.25) is 0 Å². The molecule has 92 valence electrons. The van der Waals surface area contributed by atoms with Crippen molar-refractivity contribution < 1.29 is 10.2 Å². The Morgan fingerprint density at radius 2 is 1.94 bits per heavy atom. The minimum absolute atomic E-state index is 0. The smallest absolute Gasteiger partial charge is 0.134 e. The highest BCUT2D eigenvalue weighted by atomic mass is 79.9. The van der Waals surface area contributed by atoms with E-state index in [-0.39, 0.29) is 30.8 Å². The maximum Gasteiger partial charge on any atom is 0.134 e. The predicted molar refractivity (Wildman–Crippen MR) is 74.0 cm³/mol. The Morgan fingerprint density at radius 1 is 1.31 bits per heavy atom. The third-order valence-corrected chi connectivity index (χ3v) is 3.19. The van der Waals surface area contributed by atoms with Gasteiger partial charge in [0.15, 0.2) is 0 Å². The van der Waals surface area contributed by atoms with E-state index in [1.807, 2.05) is 0 Å². The van der Waals surface area contributed by atoms with E-state index >= 15 is 0 Å². The van der Waals surface area contributed by atoms with E-state index in [1.165, 1.54) is 0 Å². The van der Waals surface area contributed by atoms with Gasteiger partial charge >= 0.3 is 0 Å². The molecule has 1 aromatic rings. The van der Waals surface area contributed by atoms with Crippen LogP contribution in [-0.4, -0.2) is 16.8 Å². The zero-order chi connectivity index (χ0) is 11.4. The highest BCUT2D eigenvalue weighted by Crippen LogP contribution is 2.35. The van der Waals surface area contributed by atoms with Gasteiger partial charge in [0.25, 0.3) is 0 Å². The van der Waals surface area contributed by atoms with E-state index in [0.29, 0.717) is 22.9 Å². The van der Waals surface area contributed by atoms with Crippen LogP contribution in [0.4, 0.5) is 0 Å². The number of hydrogen-bond donors (Lipinski definition) is 3. The van der Waals surface area contributed by atoms with Crippen molar-refractivity contribution in [3.63, 3.8) is 0 Å². The van der Waals surface area contributed by atoms with Crippen molar-refractivity contribution in [1.82, 2.24) is 0 Å². The zero-order valence-electron chi connectivity index (χ0n) is 8.49. The van der Waals surface area contributed by atoms with Gasteiger partial charge in [-0.15, -0.1) is 12.4 Å². The SMILES string of the molecule is Cl.N[C@H](CCCO)c1cc(Br)cc(Br)c1O. The number of benzene rings is 1. The molecule has 1 atom stereocenters. The molecule has 6 heteroatoms. The lowest BCUT2D eigenvalue weighted by Crippen LogP contribution is -2.11. The lowest BCUT2D eigenvalue weighted by molar-refractivity contribution is 0.279. The number of phenols is 1. The highest BCUT2D eigenvalue weighted by molar-refractivity contribution is 9.11. The molecule has 0 aliphatic rings. The van der Waals surface area contributed by atoms with Crippen molar-refractivity contribution in [3.05, 3.63) is 26.6 Å². The molecular weight excluding hydrogens is 361 g/mol. The maximum absolute atomic E-state index is 9.78. The summed E-state index contributed by atoms with van der Waals surface area (Å²) in [6, 6.07) is 3.30. The van der Waals surface area contributed by atoms with Gasteiger partial charge in [0.2, 0.25) is 0 Å². The molecule has 0 saturated heterocycles. The van der Waals surface area contributed by atoms with Crippen LogP contribution < -0.4 is 5.73 Å². The summed E-state index contributed by atoms with van der Waals surface area (Å²) in [5.74, 6) is 0.170. The number of rotatable bonds is 4. The Morgan fingerprint density at radius 3 is 2.50 bits per heavy atom. The van der Waals surface area contributed by atoms with Crippen LogP contribution in [0.3, 0.4) is 0 Å². The quantitative estimate of drug-likeness (QED) is 0.758. The summed E-state index contributed by atoms with van der Waals surface area (Å²) in [5, 5.41) is 18.5. The second kappa shape index (κ2) is 7.50. The monoisotopic (exact) mass is 373 g/mol. The summed E-state index contributed by atoms with van der Waals surface area (Å²) < 4.78 is 1.48. The first kappa shape index (κ1) is 16.2. The Kier molecular flexibility index (Phi) is 7.59. The van der Waals surface area contributed by atoms with Gasteiger partial charge in [-0.25, -0.2) is 0 Å². The molecule has 0 radical (unpaired) electrons.